The number of ether oxygens (including phenoxy) is 1. The Balaban J connectivity index is 2.21. The van der Waals surface area contributed by atoms with Crippen molar-refractivity contribution in [3.8, 4) is 0 Å². The minimum absolute atomic E-state index is 0.00782. The Labute approximate surface area is 140 Å². The van der Waals surface area contributed by atoms with Crippen molar-refractivity contribution in [3.63, 3.8) is 0 Å². The van der Waals surface area contributed by atoms with E-state index in [0.29, 0.717) is 0 Å². The van der Waals surface area contributed by atoms with Gasteiger partial charge in [0.2, 0.25) is 0 Å². The lowest BCUT2D eigenvalue weighted by atomic mass is 9.90. The van der Waals surface area contributed by atoms with Gasteiger partial charge in [-0.3, -0.25) is 4.99 Å². The molecular formula is C18H31N3O2. The summed E-state index contributed by atoms with van der Waals surface area (Å²) >= 11 is 0. The van der Waals surface area contributed by atoms with Crippen molar-refractivity contribution in [1.29, 1.82) is 0 Å². The minimum atomic E-state index is -0.328. The summed E-state index contributed by atoms with van der Waals surface area (Å²) in [5, 5.41) is 3.01. The summed E-state index contributed by atoms with van der Waals surface area (Å²) in [6.07, 6.45) is 1.43. The van der Waals surface area contributed by atoms with E-state index >= 15 is 0 Å². The van der Waals surface area contributed by atoms with E-state index in [1.165, 1.54) is 11.3 Å². The summed E-state index contributed by atoms with van der Waals surface area (Å²) in [6.45, 7) is 15.4. The maximum Gasteiger partial charge on any atom is 0.407 e. The Bertz CT molecular complexity index is 529. The molecule has 23 heavy (non-hydrogen) atoms. The molecule has 5 nitrogen and oxygen atoms in total. The summed E-state index contributed by atoms with van der Waals surface area (Å²) in [5.41, 5.74) is 2.72. The second kappa shape index (κ2) is 6.54. The topological polar surface area (TPSA) is 53.9 Å². The predicted molar refractivity (Wildman–Crippen MR) is 93.5 cm³/mol. The molecule has 0 aromatic heterocycles. The summed E-state index contributed by atoms with van der Waals surface area (Å²) in [5.74, 6) is 1.12. The number of amidine groups is 1. The third-order valence-corrected chi connectivity index (χ3v) is 4.33. The molecule has 2 aliphatic rings. The molecule has 130 valence electrons. The van der Waals surface area contributed by atoms with E-state index in [-0.39, 0.29) is 29.7 Å². The zero-order chi connectivity index (χ0) is 17.4. The summed E-state index contributed by atoms with van der Waals surface area (Å²) in [7, 11) is 0. The summed E-state index contributed by atoms with van der Waals surface area (Å²) in [4.78, 5) is 19.2. The number of carbonyl (C=O) groups excluding carboxylic acids is 1. The van der Waals surface area contributed by atoms with Crippen LogP contribution in [0.3, 0.4) is 0 Å². The molecule has 0 bridgehead atoms. The third-order valence-electron chi connectivity index (χ3n) is 4.33. The van der Waals surface area contributed by atoms with Crippen molar-refractivity contribution in [2.75, 3.05) is 6.54 Å². The van der Waals surface area contributed by atoms with Gasteiger partial charge in [-0.2, -0.15) is 0 Å². The lowest BCUT2D eigenvalue weighted by Gasteiger charge is -2.37. The predicted octanol–water partition coefficient (Wildman–Crippen LogP) is 3.71. The first-order valence-electron chi connectivity index (χ1n) is 8.68. The molecule has 0 unspecified atom stereocenters. The zero-order valence-corrected chi connectivity index (χ0v) is 15.6. The highest BCUT2D eigenvalue weighted by atomic mass is 16.6. The van der Waals surface area contributed by atoms with Crippen LogP contribution in [0.15, 0.2) is 16.3 Å². The maximum atomic E-state index is 11.9. The molecule has 0 aromatic rings. The Morgan fingerprint density at radius 1 is 1.43 bits per heavy atom. The first-order valence-corrected chi connectivity index (χ1v) is 8.68. The number of rotatable bonds is 3. The van der Waals surface area contributed by atoms with E-state index in [1.807, 2.05) is 13.8 Å². The number of alkyl carbamates (subject to hydrolysis) is 1. The Hall–Kier alpha value is -1.52. The van der Waals surface area contributed by atoms with Gasteiger partial charge < -0.3 is 15.0 Å². The molecule has 1 N–H and O–H groups in total. The molecule has 1 fully saturated rings. The first kappa shape index (κ1) is 17.8. The fourth-order valence-electron chi connectivity index (χ4n) is 3.44. The smallest absolute Gasteiger partial charge is 0.407 e. The van der Waals surface area contributed by atoms with Crippen LogP contribution in [0, 0.1) is 5.41 Å². The quantitative estimate of drug-likeness (QED) is 0.862. The SMILES string of the molecule is CCC1=C2C[C@@H](NC(=O)OC(C)C)CN2C(C(C)(C)C)=N[C@H]1C. The first-order chi connectivity index (χ1) is 10.6. The fourth-order valence-corrected chi connectivity index (χ4v) is 3.44. The van der Waals surface area contributed by atoms with Crippen LogP contribution in [-0.4, -0.2) is 41.6 Å². The molecule has 5 heteroatoms. The number of carbonyl (C=O) groups is 1. The van der Waals surface area contributed by atoms with Crippen molar-refractivity contribution in [2.45, 2.75) is 79.5 Å². The van der Waals surface area contributed by atoms with Crippen LogP contribution in [0.25, 0.3) is 0 Å². The third kappa shape index (κ3) is 3.88. The largest absolute Gasteiger partial charge is 0.447 e. The molecule has 0 saturated carbocycles. The number of hydrogen-bond acceptors (Lipinski definition) is 4. The summed E-state index contributed by atoms with van der Waals surface area (Å²) < 4.78 is 5.22. The van der Waals surface area contributed by atoms with Crippen LogP contribution in [0.2, 0.25) is 0 Å². The average Bonchev–Trinajstić information content (AvgIpc) is 2.78. The molecule has 0 aromatic carbocycles. The molecule has 0 aliphatic carbocycles. The van der Waals surface area contributed by atoms with E-state index in [9.17, 15) is 4.79 Å². The van der Waals surface area contributed by atoms with Gasteiger partial charge in [-0.25, -0.2) is 4.79 Å². The lowest BCUT2D eigenvalue weighted by molar-refractivity contribution is 0.112. The van der Waals surface area contributed by atoms with Crippen molar-refractivity contribution in [3.05, 3.63) is 11.3 Å². The van der Waals surface area contributed by atoms with Gasteiger partial charge in [0.15, 0.2) is 0 Å². The van der Waals surface area contributed by atoms with Crippen LogP contribution >= 0.6 is 0 Å². The van der Waals surface area contributed by atoms with Crippen LogP contribution < -0.4 is 5.32 Å². The van der Waals surface area contributed by atoms with Gasteiger partial charge >= 0.3 is 6.09 Å². The molecule has 1 saturated heterocycles. The van der Waals surface area contributed by atoms with Crippen LogP contribution in [0.5, 0.6) is 0 Å². The van der Waals surface area contributed by atoms with Gasteiger partial charge in [-0.05, 0) is 32.8 Å². The average molecular weight is 321 g/mol. The molecule has 0 radical (unpaired) electrons. The Morgan fingerprint density at radius 2 is 2.09 bits per heavy atom. The molecular weight excluding hydrogens is 290 g/mol. The lowest BCUT2D eigenvalue weighted by Crippen LogP contribution is -2.44. The van der Waals surface area contributed by atoms with Crippen molar-refractivity contribution < 1.29 is 9.53 Å². The second-order valence-corrected chi connectivity index (χ2v) is 7.81. The number of aliphatic imine (C=N–C) groups is 1. The Morgan fingerprint density at radius 3 is 2.61 bits per heavy atom. The molecule has 2 aliphatic heterocycles. The molecule has 2 atom stereocenters. The Kier molecular flexibility index (Phi) is 5.07. The van der Waals surface area contributed by atoms with Gasteiger partial charge in [0.1, 0.15) is 5.84 Å². The molecule has 2 rings (SSSR count). The number of amides is 1. The monoisotopic (exact) mass is 321 g/mol. The molecule has 1 amide bonds. The van der Waals surface area contributed by atoms with E-state index in [0.717, 1.165) is 25.2 Å². The second-order valence-electron chi connectivity index (χ2n) is 7.81. The molecule has 2 heterocycles. The van der Waals surface area contributed by atoms with Crippen molar-refractivity contribution >= 4 is 11.9 Å². The number of nitrogens with zero attached hydrogens (tertiary/aromatic N) is 2. The van der Waals surface area contributed by atoms with E-state index < -0.39 is 0 Å². The number of fused-ring (bicyclic) bond motifs is 1. The van der Waals surface area contributed by atoms with Gasteiger partial charge in [-0.1, -0.05) is 27.7 Å². The van der Waals surface area contributed by atoms with Crippen LogP contribution in [0.1, 0.15) is 61.3 Å². The van der Waals surface area contributed by atoms with E-state index in [1.54, 1.807) is 0 Å². The normalized spacial score (nSPS) is 24.7. The maximum absolute atomic E-state index is 11.9. The van der Waals surface area contributed by atoms with E-state index in [4.69, 9.17) is 9.73 Å². The minimum Gasteiger partial charge on any atom is -0.447 e. The zero-order valence-electron chi connectivity index (χ0n) is 15.6. The van der Waals surface area contributed by atoms with E-state index in [2.05, 4.69) is 44.8 Å². The van der Waals surface area contributed by atoms with Gasteiger partial charge in [0.05, 0.1) is 18.2 Å². The fraction of sp³-hybridized carbons (Fsp3) is 0.778. The molecule has 0 spiro atoms. The van der Waals surface area contributed by atoms with Gasteiger partial charge in [0.25, 0.3) is 0 Å². The van der Waals surface area contributed by atoms with Crippen LogP contribution in [0.4, 0.5) is 4.79 Å². The van der Waals surface area contributed by atoms with Crippen molar-refractivity contribution in [2.24, 2.45) is 10.4 Å². The summed E-state index contributed by atoms with van der Waals surface area (Å²) in [6, 6.07) is 0.303. The van der Waals surface area contributed by atoms with Crippen LogP contribution in [-0.2, 0) is 4.74 Å². The highest BCUT2D eigenvalue weighted by molar-refractivity contribution is 5.90. The highest BCUT2D eigenvalue weighted by Gasteiger charge is 2.40. The number of nitrogens with one attached hydrogen (secondary N) is 1. The van der Waals surface area contributed by atoms with Crippen molar-refractivity contribution in [1.82, 2.24) is 10.2 Å². The van der Waals surface area contributed by atoms with Gasteiger partial charge in [0, 0.05) is 24.1 Å². The number of hydrogen-bond donors (Lipinski definition) is 1. The van der Waals surface area contributed by atoms with Gasteiger partial charge in [-0.15, -0.1) is 0 Å². The highest BCUT2D eigenvalue weighted by Crippen LogP contribution is 2.37. The standard InChI is InChI=1S/C18H31N3O2/c1-8-14-12(4)19-16(18(5,6)7)21-10-13(9-15(14)21)20-17(22)23-11(2)3/h11-13H,8-10H2,1-7H3,(H,20,22)/t12-,13+/m0/s1.